The lowest BCUT2D eigenvalue weighted by Crippen LogP contribution is -2.45. The molecule has 0 aliphatic carbocycles. The Morgan fingerprint density at radius 2 is 2.05 bits per heavy atom. The lowest BCUT2D eigenvalue weighted by Gasteiger charge is -2.19. The highest BCUT2D eigenvalue weighted by molar-refractivity contribution is 7.13. The van der Waals surface area contributed by atoms with Gasteiger partial charge in [0.15, 0.2) is 0 Å². The molecule has 0 aromatic carbocycles. The topological polar surface area (TPSA) is 78.4 Å². The number of nitrogens with one attached hydrogen (secondary N) is 2. The maximum absolute atomic E-state index is 11.7. The van der Waals surface area contributed by atoms with Crippen molar-refractivity contribution in [1.29, 1.82) is 0 Å². The minimum atomic E-state index is -0.297. The van der Waals surface area contributed by atoms with Crippen LogP contribution in [0.3, 0.4) is 0 Å². The van der Waals surface area contributed by atoms with Crippen LogP contribution in [0.5, 0.6) is 0 Å². The summed E-state index contributed by atoms with van der Waals surface area (Å²) in [5.41, 5.74) is 0. The first kappa shape index (κ1) is 15.7. The number of carbonyl (C=O) groups excluding carboxylic acids is 2. The number of thiophene rings is 1. The molecule has 1 unspecified atom stereocenters. The Hall–Kier alpha value is -1.40. The zero-order valence-electron chi connectivity index (χ0n) is 11.4. The van der Waals surface area contributed by atoms with E-state index in [9.17, 15) is 9.59 Å². The van der Waals surface area contributed by atoms with E-state index in [4.69, 9.17) is 5.11 Å². The SMILES string of the molecule is Cc1ccc(C(=O)NCC(=O)NC(CO)C(C)C)s1. The second-order valence-electron chi connectivity index (χ2n) is 4.69. The van der Waals surface area contributed by atoms with Gasteiger partial charge in [0.25, 0.3) is 5.91 Å². The second-order valence-corrected chi connectivity index (χ2v) is 5.98. The molecule has 0 aliphatic heterocycles. The van der Waals surface area contributed by atoms with Crippen LogP contribution in [0.4, 0.5) is 0 Å². The van der Waals surface area contributed by atoms with Gasteiger partial charge in [-0.25, -0.2) is 0 Å². The number of rotatable bonds is 6. The molecule has 0 saturated heterocycles. The second kappa shape index (κ2) is 7.25. The van der Waals surface area contributed by atoms with Crippen LogP contribution in [0.1, 0.15) is 28.4 Å². The third kappa shape index (κ3) is 5.00. The predicted octanol–water partition coefficient (Wildman–Crippen LogP) is 0.919. The van der Waals surface area contributed by atoms with Crippen molar-refractivity contribution >= 4 is 23.2 Å². The number of amides is 2. The van der Waals surface area contributed by atoms with Crippen molar-refractivity contribution in [2.75, 3.05) is 13.2 Å². The average Bonchev–Trinajstić information content (AvgIpc) is 2.79. The average molecular weight is 284 g/mol. The number of aliphatic hydroxyl groups excluding tert-OH is 1. The van der Waals surface area contributed by atoms with Gasteiger partial charge in [0, 0.05) is 4.88 Å². The van der Waals surface area contributed by atoms with Crippen molar-refractivity contribution in [2.45, 2.75) is 26.8 Å². The fraction of sp³-hybridized carbons (Fsp3) is 0.538. The third-order valence-corrected chi connectivity index (χ3v) is 3.72. The van der Waals surface area contributed by atoms with Crippen molar-refractivity contribution in [3.8, 4) is 0 Å². The smallest absolute Gasteiger partial charge is 0.261 e. The van der Waals surface area contributed by atoms with Gasteiger partial charge in [0.05, 0.1) is 24.1 Å². The maximum atomic E-state index is 11.7. The van der Waals surface area contributed by atoms with E-state index in [1.54, 1.807) is 6.07 Å². The molecule has 1 aromatic heterocycles. The summed E-state index contributed by atoms with van der Waals surface area (Å²) >= 11 is 1.39. The molecule has 0 radical (unpaired) electrons. The van der Waals surface area contributed by atoms with E-state index in [0.29, 0.717) is 4.88 Å². The molecule has 1 atom stereocenters. The monoisotopic (exact) mass is 284 g/mol. The highest BCUT2D eigenvalue weighted by atomic mass is 32.1. The van der Waals surface area contributed by atoms with Crippen molar-refractivity contribution in [3.63, 3.8) is 0 Å². The molecule has 19 heavy (non-hydrogen) atoms. The van der Waals surface area contributed by atoms with Gasteiger partial charge in [-0.15, -0.1) is 11.3 Å². The molecule has 0 saturated carbocycles. The van der Waals surface area contributed by atoms with Gasteiger partial charge >= 0.3 is 0 Å². The van der Waals surface area contributed by atoms with Crippen LogP contribution in [0.2, 0.25) is 0 Å². The first-order valence-corrected chi connectivity index (χ1v) is 7.00. The van der Waals surface area contributed by atoms with E-state index in [1.807, 2.05) is 26.8 Å². The molecule has 0 fully saturated rings. The van der Waals surface area contributed by atoms with Crippen molar-refractivity contribution in [1.82, 2.24) is 10.6 Å². The molecule has 5 nitrogen and oxygen atoms in total. The summed E-state index contributed by atoms with van der Waals surface area (Å²) in [7, 11) is 0. The summed E-state index contributed by atoms with van der Waals surface area (Å²) in [5.74, 6) is -0.405. The molecule has 1 aromatic rings. The summed E-state index contributed by atoms with van der Waals surface area (Å²) < 4.78 is 0. The fourth-order valence-electron chi connectivity index (χ4n) is 1.49. The molecule has 0 aliphatic rings. The number of hydrogen-bond acceptors (Lipinski definition) is 4. The van der Waals surface area contributed by atoms with Crippen LogP contribution in [-0.2, 0) is 4.79 Å². The molecule has 106 valence electrons. The number of aliphatic hydroxyl groups is 1. The lowest BCUT2D eigenvalue weighted by molar-refractivity contribution is -0.121. The van der Waals surface area contributed by atoms with Crippen LogP contribution in [0.15, 0.2) is 12.1 Å². The molecule has 1 rings (SSSR count). The molecule has 3 N–H and O–H groups in total. The van der Waals surface area contributed by atoms with Crippen LogP contribution >= 0.6 is 11.3 Å². The van der Waals surface area contributed by atoms with Crippen LogP contribution in [-0.4, -0.2) is 36.1 Å². The van der Waals surface area contributed by atoms with E-state index in [-0.39, 0.29) is 36.9 Å². The molecule has 6 heteroatoms. The zero-order chi connectivity index (χ0) is 14.4. The number of hydrogen-bond donors (Lipinski definition) is 3. The highest BCUT2D eigenvalue weighted by Gasteiger charge is 2.16. The van der Waals surface area contributed by atoms with Gasteiger partial charge in [-0.05, 0) is 25.0 Å². The Morgan fingerprint density at radius 3 is 2.53 bits per heavy atom. The van der Waals surface area contributed by atoms with Crippen molar-refractivity contribution < 1.29 is 14.7 Å². The van der Waals surface area contributed by atoms with Gasteiger partial charge in [-0.1, -0.05) is 13.8 Å². The Bertz CT molecular complexity index is 443. The van der Waals surface area contributed by atoms with Crippen molar-refractivity contribution in [2.24, 2.45) is 5.92 Å². The minimum Gasteiger partial charge on any atom is -0.394 e. The normalized spacial score (nSPS) is 12.3. The first-order valence-electron chi connectivity index (χ1n) is 6.19. The van der Waals surface area contributed by atoms with E-state index in [2.05, 4.69) is 10.6 Å². The maximum Gasteiger partial charge on any atom is 0.261 e. The van der Waals surface area contributed by atoms with Crippen molar-refractivity contribution in [3.05, 3.63) is 21.9 Å². The third-order valence-electron chi connectivity index (χ3n) is 2.72. The summed E-state index contributed by atoms with van der Waals surface area (Å²) in [5, 5.41) is 14.3. The largest absolute Gasteiger partial charge is 0.394 e. The first-order chi connectivity index (χ1) is 8.93. The van der Waals surface area contributed by atoms with Crippen LogP contribution in [0, 0.1) is 12.8 Å². The van der Waals surface area contributed by atoms with Gasteiger partial charge in [-0.3, -0.25) is 9.59 Å². The van der Waals surface area contributed by atoms with Gasteiger partial charge < -0.3 is 15.7 Å². The zero-order valence-corrected chi connectivity index (χ0v) is 12.2. The van der Waals surface area contributed by atoms with E-state index in [1.165, 1.54) is 11.3 Å². The highest BCUT2D eigenvalue weighted by Crippen LogP contribution is 2.14. The molecule has 0 bridgehead atoms. The van der Waals surface area contributed by atoms with Crippen LogP contribution < -0.4 is 10.6 Å². The van der Waals surface area contributed by atoms with Gasteiger partial charge in [0.1, 0.15) is 0 Å². The molecule has 0 spiro atoms. The predicted molar refractivity (Wildman–Crippen MR) is 75.2 cm³/mol. The molecule has 2 amide bonds. The van der Waals surface area contributed by atoms with Gasteiger partial charge in [0.2, 0.25) is 5.91 Å². The Morgan fingerprint density at radius 1 is 1.37 bits per heavy atom. The van der Waals surface area contributed by atoms with E-state index >= 15 is 0 Å². The minimum absolute atomic E-state index is 0.0843. The molecule has 1 heterocycles. The molecular weight excluding hydrogens is 264 g/mol. The Balaban J connectivity index is 2.40. The standard InChI is InChI=1S/C13H20N2O3S/c1-8(2)10(7-16)15-12(17)6-14-13(18)11-5-4-9(3)19-11/h4-5,8,10,16H,6-7H2,1-3H3,(H,14,18)(H,15,17). The summed E-state index contributed by atoms with van der Waals surface area (Å²) in [6, 6.07) is 3.31. The van der Waals surface area contributed by atoms with E-state index < -0.39 is 0 Å². The number of carbonyl (C=O) groups is 2. The summed E-state index contributed by atoms with van der Waals surface area (Å²) in [4.78, 5) is 25.0. The Labute approximate surface area is 117 Å². The summed E-state index contributed by atoms with van der Waals surface area (Å²) in [6.45, 7) is 5.55. The number of aryl methyl sites for hydroxylation is 1. The van der Waals surface area contributed by atoms with Gasteiger partial charge in [-0.2, -0.15) is 0 Å². The van der Waals surface area contributed by atoms with Crippen LogP contribution in [0.25, 0.3) is 0 Å². The Kier molecular flexibility index (Phi) is 5.98. The fourth-order valence-corrected chi connectivity index (χ4v) is 2.27. The molecular formula is C13H20N2O3S. The lowest BCUT2D eigenvalue weighted by atomic mass is 10.1. The summed E-state index contributed by atoms with van der Waals surface area (Å²) in [6.07, 6.45) is 0. The quantitative estimate of drug-likeness (QED) is 0.727. The van der Waals surface area contributed by atoms with E-state index in [0.717, 1.165) is 4.88 Å².